The van der Waals surface area contributed by atoms with E-state index in [9.17, 15) is 9.59 Å². The molecule has 0 saturated carbocycles. The van der Waals surface area contributed by atoms with Gasteiger partial charge >= 0.3 is 0 Å². The minimum atomic E-state index is -1.63. The normalized spacial score (nSPS) is 19.7. The quantitative estimate of drug-likeness (QED) is 0.177. The minimum absolute atomic E-state index is 0.279. The number of amides is 2. The molecule has 0 N–H and O–H groups in total. The molecule has 32 heavy (non-hydrogen) atoms. The molecule has 0 spiro atoms. The number of imide groups is 1. The molecule has 0 aromatic heterocycles. The Bertz CT molecular complexity index is 843. The highest BCUT2D eigenvalue weighted by atomic mass is 35.5. The van der Waals surface area contributed by atoms with E-state index in [1.807, 2.05) is 48.6 Å². The van der Waals surface area contributed by atoms with Gasteiger partial charge in [0.15, 0.2) is 4.84 Å². The average molecular weight is 533 g/mol. The van der Waals surface area contributed by atoms with Crippen LogP contribution >= 0.6 is 58.4 Å². The molecule has 3 nitrogen and oxygen atoms in total. The number of aryl methyl sites for hydroxylation is 2. The fraction of sp³-hybridized carbons (Fsp3) is 0.333. The lowest BCUT2D eigenvalue weighted by Gasteiger charge is -2.24. The van der Waals surface area contributed by atoms with Gasteiger partial charge in [0.05, 0.1) is 11.8 Å². The second kappa shape index (κ2) is 12.9. The van der Waals surface area contributed by atoms with Crippen molar-refractivity contribution in [3.8, 4) is 0 Å². The zero-order chi connectivity index (χ0) is 23.7. The molecule has 1 fully saturated rings. The summed E-state index contributed by atoms with van der Waals surface area (Å²) in [6, 6.07) is 20.5. The summed E-state index contributed by atoms with van der Waals surface area (Å²) in [7, 11) is 0. The van der Waals surface area contributed by atoms with Crippen molar-refractivity contribution in [2.75, 3.05) is 0 Å². The number of carbonyl (C=O) groups excluding carboxylic acids is 2. The molecule has 2 aromatic rings. The second-order valence-corrected chi connectivity index (χ2v) is 11.5. The maximum Gasteiger partial charge on any atom is 0.243 e. The first-order chi connectivity index (χ1) is 15.1. The van der Waals surface area contributed by atoms with Crippen LogP contribution in [-0.2, 0) is 9.59 Å². The smallest absolute Gasteiger partial charge is 0.243 e. The predicted molar refractivity (Wildman–Crippen MR) is 137 cm³/mol. The summed E-state index contributed by atoms with van der Waals surface area (Å²) in [5.74, 6) is -1.19. The number of alkyl halides is 4. The maximum atomic E-state index is 12.1. The Morgan fingerprint density at radius 3 is 1.47 bits per heavy atom. The molecule has 1 aliphatic heterocycles. The van der Waals surface area contributed by atoms with Gasteiger partial charge in [-0.05, 0) is 26.7 Å². The molecule has 2 amide bonds. The number of carbonyl (C=O) groups is 2. The summed E-state index contributed by atoms with van der Waals surface area (Å²) in [4.78, 5) is 23.1. The lowest BCUT2D eigenvalue weighted by molar-refractivity contribution is -0.133. The molecule has 2 aliphatic rings. The zero-order valence-corrected chi connectivity index (χ0v) is 21.6. The first-order valence-electron chi connectivity index (χ1n) is 10.0. The number of halogens is 4. The molecular formula is C24H25Cl4NO2S. The van der Waals surface area contributed by atoms with Crippen molar-refractivity contribution in [2.45, 2.75) is 35.2 Å². The molecule has 1 heterocycles. The van der Waals surface area contributed by atoms with Crippen molar-refractivity contribution < 1.29 is 9.59 Å². The summed E-state index contributed by atoms with van der Waals surface area (Å²) in [5, 5.41) is 0. The average Bonchev–Trinajstić information content (AvgIpc) is 3.00. The van der Waals surface area contributed by atoms with Gasteiger partial charge in [0, 0.05) is 11.9 Å². The largest absolute Gasteiger partial charge is 0.273 e. The van der Waals surface area contributed by atoms with E-state index in [1.165, 1.54) is 11.1 Å². The Morgan fingerprint density at radius 2 is 1.19 bits per heavy atom. The number of nitrogens with zero attached hydrogens (tertiary/aromatic N) is 1. The van der Waals surface area contributed by atoms with E-state index >= 15 is 0 Å². The third-order valence-electron chi connectivity index (χ3n) is 4.82. The number of hydrogen-bond donors (Lipinski definition) is 0. The molecule has 8 heteroatoms. The molecule has 1 aliphatic carbocycles. The van der Waals surface area contributed by atoms with Crippen LogP contribution in [-0.4, -0.2) is 24.6 Å². The van der Waals surface area contributed by atoms with E-state index < -0.39 is 8.50 Å². The lowest BCUT2D eigenvalue weighted by Crippen LogP contribution is -2.31. The van der Waals surface area contributed by atoms with Crippen LogP contribution in [0.2, 0.25) is 0 Å². The summed E-state index contributed by atoms with van der Waals surface area (Å²) < 4.78 is -0.630. The van der Waals surface area contributed by atoms with Crippen LogP contribution in [0.4, 0.5) is 0 Å². The lowest BCUT2D eigenvalue weighted by atomic mass is 9.85. The fourth-order valence-electron chi connectivity index (χ4n) is 3.09. The van der Waals surface area contributed by atoms with Crippen LogP contribution < -0.4 is 0 Å². The Balaban J connectivity index is 0.000000211. The van der Waals surface area contributed by atoms with Gasteiger partial charge in [-0.25, -0.2) is 4.31 Å². The van der Waals surface area contributed by atoms with Gasteiger partial charge in [-0.1, -0.05) is 107 Å². The highest BCUT2D eigenvalue weighted by molar-refractivity contribution is 8.02. The predicted octanol–water partition coefficient (Wildman–Crippen LogP) is 7.51. The third kappa shape index (κ3) is 8.00. The number of rotatable bonds is 3. The van der Waals surface area contributed by atoms with Crippen molar-refractivity contribution in [3.05, 3.63) is 83.9 Å². The summed E-state index contributed by atoms with van der Waals surface area (Å²) in [6.45, 7) is 4.17. The van der Waals surface area contributed by atoms with E-state index in [4.69, 9.17) is 46.4 Å². The fourth-order valence-corrected chi connectivity index (χ4v) is 4.52. The molecule has 1 saturated heterocycles. The molecule has 2 unspecified atom stereocenters. The Hall–Kier alpha value is -1.17. The first-order valence-corrected chi connectivity index (χ1v) is 12.4. The number of allylic oxidation sites excluding steroid dienone is 2. The summed E-state index contributed by atoms with van der Waals surface area (Å²) in [5.41, 5.74) is 2.64. The molecule has 0 bridgehead atoms. The molecule has 2 atom stereocenters. The minimum Gasteiger partial charge on any atom is -0.273 e. The molecule has 0 radical (unpaired) electrons. The van der Waals surface area contributed by atoms with Gasteiger partial charge in [0.2, 0.25) is 15.5 Å². The van der Waals surface area contributed by atoms with Crippen LogP contribution in [0, 0.1) is 25.7 Å². The number of hydrogen-bond acceptors (Lipinski definition) is 3. The van der Waals surface area contributed by atoms with Gasteiger partial charge in [-0.3, -0.25) is 9.59 Å². The maximum absolute atomic E-state index is 12.1. The van der Waals surface area contributed by atoms with Gasteiger partial charge in [0.1, 0.15) is 0 Å². The molecule has 4 rings (SSSR count). The van der Waals surface area contributed by atoms with E-state index in [0.29, 0.717) is 24.8 Å². The zero-order valence-electron chi connectivity index (χ0n) is 17.8. The molecular weight excluding hydrogens is 508 g/mol. The van der Waals surface area contributed by atoms with Crippen LogP contribution in [0.15, 0.2) is 72.8 Å². The topological polar surface area (TPSA) is 37.4 Å². The molecule has 2 aromatic carbocycles. The second-order valence-electron chi connectivity index (χ2n) is 7.39. The Morgan fingerprint density at radius 1 is 0.812 bits per heavy atom. The molecule has 172 valence electrons. The van der Waals surface area contributed by atoms with Gasteiger partial charge in [-0.2, -0.15) is 0 Å². The summed E-state index contributed by atoms with van der Waals surface area (Å²) in [6.07, 6.45) is 4.94. The van der Waals surface area contributed by atoms with Gasteiger partial charge in [0.25, 0.3) is 0 Å². The Kier molecular flexibility index (Phi) is 10.9. The first kappa shape index (κ1) is 27.1. The monoisotopic (exact) mass is 531 g/mol. The van der Waals surface area contributed by atoms with E-state index in [1.54, 1.807) is 0 Å². The van der Waals surface area contributed by atoms with Crippen molar-refractivity contribution in [3.63, 3.8) is 0 Å². The number of benzene rings is 2. The highest BCUT2D eigenvalue weighted by Gasteiger charge is 2.51. The standard InChI is InChI=1S/C10H9Cl4NO2S.2C7H8/c11-9(12)10(13,14)18-15-7(16)5-3-1-2-4-6(5)8(15)17;2*1-7-5-3-2-4-6-7/h1-2,5-6,9H,3-4H2;2*2-6H,1H3. The van der Waals surface area contributed by atoms with Crippen LogP contribution in [0.5, 0.6) is 0 Å². The van der Waals surface area contributed by atoms with Crippen LogP contribution in [0.25, 0.3) is 0 Å². The van der Waals surface area contributed by atoms with Crippen molar-refractivity contribution in [1.82, 2.24) is 4.31 Å². The van der Waals surface area contributed by atoms with Crippen LogP contribution in [0.3, 0.4) is 0 Å². The van der Waals surface area contributed by atoms with Gasteiger partial charge in [-0.15, -0.1) is 23.2 Å². The third-order valence-corrected chi connectivity index (χ3v) is 8.05. The summed E-state index contributed by atoms with van der Waals surface area (Å²) >= 11 is 23.7. The van der Waals surface area contributed by atoms with Crippen molar-refractivity contribution in [1.29, 1.82) is 0 Å². The Labute approximate surface area is 214 Å². The van der Waals surface area contributed by atoms with Gasteiger partial charge < -0.3 is 0 Å². The number of fused-ring (bicyclic) bond motifs is 1. The van der Waals surface area contributed by atoms with Crippen molar-refractivity contribution in [2.24, 2.45) is 11.8 Å². The van der Waals surface area contributed by atoms with Crippen molar-refractivity contribution >= 4 is 70.2 Å². The van der Waals surface area contributed by atoms with E-state index in [-0.39, 0.29) is 23.7 Å². The van der Waals surface area contributed by atoms with E-state index in [0.717, 1.165) is 4.31 Å². The van der Waals surface area contributed by atoms with E-state index in [2.05, 4.69) is 38.1 Å². The van der Waals surface area contributed by atoms with Crippen LogP contribution in [0.1, 0.15) is 24.0 Å². The highest BCUT2D eigenvalue weighted by Crippen LogP contribution is 2.48. The SMILES string of the molecule is Cc1ccccc1.Cc1ccccc1.O=C1C2CC=CCC2C(=O)N1SC(Cl)(Cl)C(Cl)Cl.